The predicted molar refractivity (Wildman–Crippen MR) is 98.9 cm³/mol. The summed E-state index contributed by atoms with van der Waals surface area (Å²) >= 11 is 0. The van der Waals surface area contributed by atoms with Crippen LogP contribution in [0.5, 0.6) is 0 Å². The lowest BCUT2D eigenvalue weighted by molar-refractivity contribution is -0.679. The normalized spacial score (nSPS) is 15.0. The monoisotopic (exact) mass is 319 g/mol. The molecule has 0 saturated heterocycles. The van der Waals surface area contributed by atoms with Gasteiger partial charge in [0, 0.05) is 5.41 Å². The van der Waals surface area contributed by atoms with Gasteiger partial charge in [0.25, 0.3) is 5.82 Å². The van der Waals surface area contributed by atoms with E-state index >= 15 is 0 Å². The fourth-order valence-corrected chi connectivity index (χ4v) is 3.97. The van der Waals surface area contributed by atoms with Crippen molar-refractivity contribution in [2.75, 3.05) is 0 Å². The van der Waals surface area contributed by atoms with Crippen molar-refractivity contribution in [1.29, 1.82) is 0 Å². The molecule has 0 amide bonds. The summed E-state index contributed by atoms with van der Waals surface area (Å²) in [5, 5.41) is 0. The summed E-state index contributed by atoms with van der Waals surface area (Å²) in [7, 11) is 2.13. The molecule has 1 aromatic heterocycles. The Balaban J connectivity index is 2.09. The van der Waals surface area contributed by atoms with Gasteiger partial charge in [0.1, 0.15) is 12.4 Å². The van der Waals surface area contributed by atoms with E-state index in [-0.39, 0.29) is 5.41 Å². The fraction of sp³-hybridized carbons (Fsp3) is 0.318. The van der Waals surface area contributed by atoms with Crippen LogP contribution in [0.1, 0.15) is 43.1 Å². The van der Waals surface area contributed by atoms with E-state index in [4.69, 9.17) is 0 Å². The highest BCUT2D eigenvalue weighted by Gasteiger charge is 2.40. The Kier molecular flexibility index (Phi) is 4.84. The van der Waals surface area contributed by atoms with Gasteiger partial charge in [-0.3, -0.25) is 0 Å². The highest BCUT2D eigenvalue weighted by atomic mass is 15.0. The van der Waals surface area contributed by atoms with Gasteiger partial charge in [-0.25, -0.2) is 9.55 Å². The zero-order valence-electron chi connectivity index (χ0n) is 14.9. The Bertz CT molecular complexity index is 761. The first-order valence-corrected chi connectivity index (χ1v) is 8.77. The maximum Gasteiger partial charge on any atom is 0.258 e. The summed E-state index contributed by atoms with van der Waals surface area (Å²) < 4.78 is 2.22. The lowest BCUT2D eigenvalue weighted by atomic mass is 9.66. The number of imidazole rings is 1. The van der Waals surface area contributed by atoms with Crippen LogP contribution in [0.15, 0.2) is 73.1 Å². The highest BCUT2D eigenvalue weighted by molar-refractivity contribution is 5.32. The number of nitrogens with one attached hydrogen (secondary N) is 1. The van der Waals surface area contributed by atoms with Crippen LogP contribution in [-0.4, -0.2) is 4.98 Å². The lowest BCUT2D eigenvalue weighted by Gasteiger charge is -2.36. The molecule has 0 aliphatic heterocycles. The smallest absolute Gasteiger partial charge is 0.247 e. The van der Waals surface area contributed by atoms with Gasteiger partial charge in [-0.05, 0) is 24.0 Å². The first-order valence-electron chi connectivity index (χ1n) is 8.77. The van der Waals surface area contributed by atoms with E-state index in [9.17, 15) is 0 Å². The first kappa shape index (κ1) is 16.5. The van der Waals surface area contributed by atoms with Gasteiger partial charge in [0.05, 0.1) is 13.0 Å². The zero-order chi connectivity index (χ0) is 17.0. The third kappa shape index (κ3) is 3.14. The number of benzene rings is 2. The molecule has 0 saturated carbocycles. The number of hydrogen-bond acceptors (Lipinski definition) is 0. The van der Waals surface area contributed by atoms with E-state index in [1.165, 1.54) is 17.0 Å². The second-order valence-electron chi connectivity index (χ2n) is 6.86. The third-order valence-corrected chi connectivity index (χ3v) is 5.26. The van der Waals surface area contributed by atoms with Crippen LogP contribution in [0.25, 0.3) is 0 Å². The molecule has 3 aromatic rings. The van der Waals surface area contributed by atoms with Crippen LogP contribution < -0.4 is 4.57 Å². The lowest BCUT2D eigenvalue weighted by Crippen LogP contribution is -2.41. The number of aryl methyl sites for hydroxylation is 1. The van der Waals surface area contributed by atoms with Gasteiger partial charge < -0.3 is 0 Å². The fourth-order valence-electron chi connectivity index (χ4n) is 3.97. The largest absolute Gasteiger partial charge is 0.258 e. The Morgan fingerprint density at radius 3 is 2.17 bits per heavy atom. The minimum atomic E-state index is 0.0278. The van der Waals surface area contributed by atoms with Gasteiger partial charge in [0.2, 0.25) is 0 Å². The molecule has 0 spiro atoms. The number of H-pyrrole nitrogens is 1. The minimum Gasteiger partial charge on any atom is -0.247 e. The second kappa shape index (κ2) is 7.04. The van der Waals surface area contributed by atoms with Crippen LogP contribution in [0.4, 0.5) is 0 Å². The van der Waals surface area contributed by atoms with Crippen LogP contribution in [0, 0.1) is 0 Å². The molecule has 0 radical (unpaired) electrons. The Morgan fingerprint density at radius 1 is 1.00 bits per heavy atom. The minimum absolute atomic E-state index is 0.0278. The SMILES string of the molecule is CCC(c1[nH]cc[n+]1C)C(C)(Cc1ccccc1)c1ccccc1. The number of hydrogen-bond donors (Lipinski definition) is 1. The Hall–Kier alpha value is -2.35. The van der Waals surface area contributed by atoms with Crippen LogP contribution in [0.3, 0.4) is 0 Å². The van der Waals surface area contributed by atoms with Crippen molar-refractivity contribution >= 4 is 0 Å². The maximum absolute atomic E-state index is 3.48. The molecule has 0 fully saturated rings. The van der Waals surface area contributed by atoms with Crippen LogP contribution in [0.2, 0.25) is 0 Å². The quantitative estimate of drug-likeness (QED) is 0.644. The topological polar surface area (TPSA) is 19.7 Å². The number of rotatable bonds is 6. The van der Waals surface area contributed by atoms with E-state index in [1.807, 2.05) is 6.20 Å². The molecule has 2 heteroatoms. The average Bonchev–Trinajstić information content (AvgIpc) is 3.03. The molecule has 0 bridgehead atoms. The summed E-state index contributed by atoms with van der Waals surface area (Å²) in [6.07, 6.45) is 6.25. The van der Waals surface area contributed by atoms with Crippen molar-refractivity contribution in [3.63, 3.8) is 0 Å². The molecule has 0 aliphatic carbocycles. The number of aromatic nitrogens is 2. The summed E-state index contributed by atoms with van der Waals surface area (Å²) in [6.45, 7) is 4.70. The number of aromatic amines is 1. The molecule has 24 heavy (non-hydrogen) atoms. The summed E-state index contributed by atoms with van der Waals surface area (Å²) in [6, 6.07) is 21.8. The highest BCUT2D eigenvalue weighted by Crippen LogP contribution is 2.42. The van der Waals surface area contributed by atoms with Crippen molar-refractivity contribution in [1.82, 2.24) is 4.98 Å². The Labute approximate surface area is 145 Å². The summed E-state index contributed by atoms with van der Waals surface area (Å²) in [5.74, 6) is 1.71. The zero-order valence-corrected chi connectivity index (χ0v) is 14.9. The van der Waals surface area contributed by atoms with Gasteiger partial charge in [-0.2, -0.15) is 0 Å². The molecule has 0 aliphatic rings. The van der Waals surface area contributed by atoms with Crippen LogP contribution in [-0.2, 0) is 18.9 Å². The van der Waals surface area contributed by atoms with E-state index in [0.717, 1.165) is 12.8 Å². The van der Waals surface area contributed by atoms with E-state index in [2.05, 4.69) is 97.3 Å². The molecule has 2 nitrogen and oxygen atoms in total. The second-order valence-corrected chi connectivity index (χ2v) is 6.86. The molecule has 1 N–H and O–H groups in total. The van der Waals surface area contributed by atoms with E-state index in [0.29, 0.717) is 5.92 Å². The molecule has 2 atom stereocenters. The van der Waals surface area contributed by atoms with Crippen LogP contribution >= 0.6 is 0 Å². The molecule has 124 valence electrons. The van der Waals surface area contributed by atoms with Gasteiger partial charge in [0.15, 0.2) is 0 Å². The maximum atomic E-state index is 3.48. The van der Waals surface area contributed by atoms with Crippen molar-refractivity contribution in [3.05, 3.63) is 90.0 Å². The van der Waals surface area contributed by atoms with Crippen molar-refractivity contribution in [2.24, 2.45) is 7.05 Å². The van der Waals surface area contributed by atoms with E-state index in [1.54, 1.807) is 0 Å². The first-order chi connectivity index (χ1) is 11.6. The predicted octanol–water partition coefficient (Wildman–Crippen LogP) is 4.53. The van der Waals surface area contributed by atoms with Gasteiger partial charge in [-0.15, -0.1) is 0 Å². The number of nitrogens with zero attached hydrogens (tertiary/aromatic N) is 1. The summed E-state index contributed by atoms with van der Waals surface area (Å²) in [5.41, 5.74) is 2.81. The molecule has 3 rings (SSSR count). The van der Waals surface area contributed by atoms with Crippen molar-refractivity contribution in [2.45, 2.75) is 38.0 Å². The van der Waals surface area contributed by atoms with Crippen molar-refractivity contribution in [3.8, 4) is 0 Å². The molecule has 1 heterocycles. The Morgan fingerprint density at radius 2 is 1.62 bits per heavy atom. The molecule has 2 unspecified atom stereocenters. The molecular weight excluding hydrogens is 292 g/mol. The van der Waals surface area contributed by atoms with Crippen molar-refractivity contribution < 1.29 is 4.57 Å². The van der Waals surface area contributed by atoms with Gasteiger partial charge >= 0.3 is 0 Å². The third-order valence-electron chi connectivity index (χ3n) is 5.26. The standard InChI is InChI=1S/C22H26N2/c1-4-20(21-23-15-16-24(21)3)22(2,19-13-9-6-10-14-19)17-18-11-7-5-8-12-18/h5-16,20H,4,17H2,1-3H3/p+1. The summed E-state index contributed by atoms with van der Waals surface area (Å²) in [4.78, 5) is 3.48. The average molecular weight is 319 g/mol. The molecular formula is C22H27N2+. The molecule has 2 aromatic carbocycles. The van der Waals surface area contributed by atoms with Gasteiger partial charge in [-0.1, -0.05) is 74.5 Å². The van der Waals surface area contributed by atoms with E-state index < -0.39 is 0 Å².